The average molecular weight is 481 g/mol. The molecule has 3 aromatic rings. The molecular formula is C21H13Cl4N3O2. The highest BCUT2D eigenvalue weighted by Crippen LogP contribution is 2.22. The summed E-state index contributed by atoms with van der Waals surface area (Å²) >= 11 is 23.8. The zero-order valence-electron chi connectivity index (χ0n) is 15.1. The normalized spacial score (nSPS) is 10.8. The van der Waals surface area contributed by atoms with Gasteiger partial charge in [0.05, 0.1) is 21.8 Å². The first-order chi connectivity index (χ1) is 14.3. The highest BCUT2D eigenvalue weighted by Gasteiger charge is 2.12. The lowest BCUT2D eigenvalue weighted by atomic mass is 10.1. The number of amides is 2. The van der Waals surface area contributed by atoms with E-state index >= 15 is 0 Å². The van der Waals surface area contributed by atoms with Crippen LogP contribution in [0.3, 0.4) is 0 Å². The number of carbonyl (C=O) groups excluding carboxylic acids is 2. The third kappa shape index (κ3) is 5.74. The van der Waals surface area contributed by atoms with E-state index in [2.05, 4.69) is 15.8 Å². The lowest BCUT2D eigenvalue weighted by Gasteiger charge is -2.08. The molecule has 3 rings (SSSR count). The number of halogens is 4. The highest BCUT2D eigenvalue weighted by molar-refractivity contribution is 6.37. The van der Waals surface area contributed by atoms with E-state index in [0.717, 1.165) is 0 Å². The molecule has 0 spiro atoms. The summed E-state index contributed by atoms with van der Waals surface area (Å²) in [5, 5.41) is 8.20. The SMILES string of the molecule is O=C(N/N=C\c1ccc(Cl)cc1Cl)c1ccc(NC(=O)c2ccc(Cl)cc2Cl)cc1. The number of hydrazone groups is 1. The average Bonchev–Trinajstić information content (AvgIpc) is 2.70. The van der Waals surface area contributed by atoms with E-state index in [1.807, 2.05) is 0 Å². The summed E-state index contributed by atoms with van der Waals surface area (Å²) in [4.78, 5) is 24.5. The summed E-state index contributed by atoms with van der Waals surface area (Å²) < 4.78 is 0. The zero-order valence-corrected chi connectivity index (χ0v) is 18.2. The first kappa shape index (κ1) is 22.1. The van der Waals surface area contributed by atoms with Crippen LogP contribution in [0.4, 0.5) is 5.69 Å². The van der Waals surface area contributed by atoms with Gasteiger partial charge in [-0.3, -0.25) is 9.59 Å². The van der Waals surface area contributed by atoms with Crippen LogP contribution < -0.4 is 10.7 Å². The minimum absolute atomic E-state index is 0.245. The van der Waals surface area contributed by atoms with Crippen LogP contribution in [0.5, 0.6) is 0 Å². The summed E-state index contributed by atoms with van der Waals surface area (Å²) in [6.45, 7) is 0. The van der Waals surface area contributed by atoms with Crippen molar-refractivity contribution >= 4 is 70.1 Å². The molecule has 0 heterocycles. The summed E-state index contributed by atoms with van der Waals surface area (Å²) in [6.07, 6.45) is 1.42. The standard InChI is InChI=1S/C21H13Cl4N3O2/c22-14-4-1-13(18(24)9-14)11-26-28-20(29)12-2-6-16(7-3-12)27-21(30)17-8-5-15(23)10-19(17)25/h1-11H,(H,27,30)(H,28,29)/b26-11-. The van der Waals surface area contributed by atoms with E-state index < -0.39 is 11.8 Å². The predicted molar refractivity (Wildman–Crippen MR) is 122 cm³/mol. The van der Waals surface area contributed by atoms with Gasteiger partial charge in [-0.05, 0) is 54.6 Å². The second-order valence-electron chi connectivity index (χ2n) is 6.02. The van der Waals surface area contributed by atoms with Crippen LogP contribution in [0, 0.1) is 0 Å². The van der Waals surface area contributed by atoms with Crippen LogP contribution in [0.25, 0.3) is 0 Å². The lowest BCUT2D eigenvalue weighted by Crippen LogP contribution is -2.18. The number of hydrogen-bond acceptors (Lipinski definition) is 3. The van der Waals surface area contributed by atoms with Gasteiger partial charge in [-0.1, -0.05) is 52.5 Å². The maximum atomic E-state index is 12.3. The van der Waals surface area contributed by atoms with Gasteiger partial charge in [-0.15, -0.1) is 0 Å². The van der Waals surface area contributed by atoms with Crippen LogP contribution in [-0.4, -0.2) is 18.0 Å². The molecular weight excluding hydrogens is 468 g/mol. The third-order valence-corrected chi connectivity index (χ3v) is 5.02. The molecule has 0 radical (unpaired) electrons. The fourth-order valence-corrected chi connectivity index (χ4v) is 3.36. The maximum absolute atomic E-state index is 12.3. The Labute approximate surface area is 192 Å². The van der Waals surface area contributed by atoms with Gasteiger partial charge in [0.1, 0.15) is 0 Å². The van der Waals surface area contributed by atoms with Crippen molar-refractivity contribution in [3.05, 3.63) is 97.4 Å². The van der Waals surface area contributed by atoms with Gasteiger partial charge in [0, 0.05) is 26.9 Å². The molecule has 0 aromatic heterocycles. The van der Waals surface area contributed by atoms with Gasteiger partial charge in [0.25, 0.3) is 11.8 Å². The van der Waals surface area contributed by atoms with Crippen LogP contribution in [0.1, 0.15) is 26.3 Å². The topological polar surface area (TPSA) is 70.6 Å². The van der Waals surface area contributed by atoms with Crippen molar-refractivity contribution in [3.63, 3.8) is 0 Å². The number of nitrogens with zero attached hydrogens (tertiary/aromatic N) is 1. The van der Waals surface area contributed by atoms with E-state index in [1.165, 1.54) is 18.3 Å². The van der Waals surface area contributed by atoms with E-state index in [1.54, 1.807) is 48.5 Å². The molecule has 9 heteroatoms. The third-order valence-electron chi connectivity index (χ3n) is 3.91. The molecule has 5 nitrogen and oxygen atoms in total. The Kier molecular flexibility index (Phi) is 7.34. The van der Waals surface area contributed by atoms with Gasteiger partial charge >= 0.3 is 0 Å². The van der Waals surface area contributed by atoms with E-state index in [4.69, 9.17) is 46.4 Å². The van der Waals surface area contributed by atoms with Crippen molar-refractivity contribution in [1.82, 2.24) is 5.43 Å². The Morgan fingerprint density at radius 2 is 1.40 bits per heavy atom. The van der Waals surface area contributed by atoms with Crippen LogP contribution in [0.2, 0.25) is 20.1 Å². The van der Waals surface area contributed by atoms with Crippen LogP contribution in [-0.2, 0) is 0 Å². The smallest absolute Gasteiger partial charge is 0.271 e. The number of carbonyl (C=O) groups is 2. The van der Waals surface area contributed by atoms with Crippen molar-refractivity contribution in [2.45, 2.75) is 0 Å². The van der Waals surface area contributed by atoms with Gasteiger partial charge in [-0.2, -0.15) is 5.10 Å². The largest absolute Gasteiger partial charge is 0.322 e. The molecule has 2 amide bonds. The second kappa shape index (κ2) is 9.96. The summed E-state index contributed by atoms with van der Waals surface area (Å²) in [5.41, 5.74) is 4.17. The fraction of sp³-hybridized carbons (Fsp3) is 0. The van der Waals surface area contributed by atoms with E-state index in [0.29, 0.717) is 31.9 Å². The molecule has 2 N–H and O–H groups in total. The summed E-state index contributed by atoms with van der Waals surface area (Å²) in [5.74, 6) is -0.812. The molecule has 0 bridgehead atoms. The number of hydrogen-bond donors (Lipinski definition) is 2. The molecule has 0 atom stereocenters. The van der Waals surface area contributed by atoms with Gasteiger partial charge in [-0.25, -0.2) is 5.43 Å². The van der Waals surface area contributed by atoms with Gasteiger partial charge < -0.3 is 5.32 Å². The molecule has 0 unspecified atom stereocenters. The van der Waals surface area contributed by atoms with Crippen molar-refractivity contribution in [1.29, 1.82) is 0 Å². The van der Waals surface area contributed by atoms with Crippen molar-refractivity contribution in [2.24, 2.45) is 5.10 Å². The van der Waals surface area contributed by atoms with Crippen molar-refractivity contribution in [2.75, 3.05) is 5.32 Å². The quantitative estimate of drug-likeness (QED) is 0.331. The molecule has 3 aromatic carbocycles. The fourth-order valence-electron chi connectivity index (χ4n) is 2.41. The van der Waals surface area contributed by atoms with E-state index in [-0.39, 0.29) is 10.6 Å². The minimum Gasteiger partial charge on any atom is -0.322 e. The number of benzene rings is 3. The first-order valence-electron chi connectivity index (χ1n) is 8.48. The molecule has 0 aliphatic rings. The minimum atomic E-state index is -0.421. The van der Waals surface area contributed by atoms with Gasteiger partial charge in [0.15, 0.2) is 0 Å². The molecule has 0 fully saturated rings. The van der Waals surface area contributed by atoms with Crippen molar-refractivity contribution in [3.8, 4) is 0 Å². The Balaban J connectivity index is 1.61. The molecule has 0 aliphatic heterocycles. The van der Waals surface area contributed by atoms with Crippen LogP contribution in [0.15, 0.2) is 65.8 Å². The van der Waals surface area contributed by atoms with Crippen molar-refractivity contribution < 1.29 is 9.59 Å². The second-order valence-corrected chi connectivity index (χ2v) is 7.71. The Morgan fingerprint density at radius 3 is 2.03 bits per heavy atom. The monoisotopic (exact) mass is 479 g/mol. The maximum Gasteiger partial charge on any atom is 0.271 e. The highest BCUT2D eigenvalue weighted by atomic mass is 35.5. The van der Waals surface area contributed by atoms with Gasteiger partial charge in [0.2, 0.25) is 0 Å². The molecule has 30 heavy (non-hydrogen) atoms. The lowest BCUT2D eigenvalue weighted by molar-refractivity contribution is 0.0954. The predicted octanol–water partition coefficient (Wildman–Crippen LogP) is 6.32. The summed E-state index contributed by atoms with van der Waals surface area (Å²) in [7, 11) is 0. The Morgan fingerprint density at radius 1 is 0.767 bits per heavy atom. The number of anilines is 1. The first-order valence-corrected chi connectivity index (χ1v) is 9.99. The Bertz CT molecular complexity index is 1130. The summed E-state index contributed by atoms with van der Waals surface area (Å²) in [6, 6.07) is 15.8. The molecule has 152 valence electrons. The molecule has 0 saturated heterocycles. The molecule has 0 aliphatic carbocycles. The van der Waals surface area contributed by atoms with Crippen LogP contribution >= 0.6 is 46.4 Å². The molecule has 0 saturated carbocycles. The van der Waals surface area contributed by atoms with E-state index in [9.17, 15) is 9.59 Å². The zero-order chi connectivity index (χ0) is 21.7. The Hall–Kier alpha value is -2.57. The number of nitrogens with one attached hydrogen (secondary N) is 2. The number of rotatable bonds is 5.